The van der Waals surface area contributed by atoms with Gasteiger partial charge in [-0.2, -0.15) is 0 Å². The Morgan fingerprint density at radius 1 is 1.09 bits per heavy atom. The van der Waals surface area contributed by atoms with Gasteiger partial charge in [0.25, 0.3) is 0 Å². The summed E-state index contributed by atoms with van der Waals surface area (Å²) in [5.41, 5.74) is 0.960. The molecule has 1 unspecified atom stereocenters. The number of benzene rings is 2. The Hall–Kier alpha value is -1.10. The molecule has 3 nitrogen and oxygen atoms in total. The topological polar surface area (TPSA) is 27.7 Å². The predicted octanol–water partition coefficient (Wildman–Crippen LogP) is 4.86. The molecule has 0 amide bonds. The van der Waals surface area contributed by atoms with Gasteiger partial charge >= 0.3 is 0 Å². The maximum absolute atomic E-state index is 6.33. The highest BCUT2D eigenvalue weighted by Gasteiger charge is 2.48. The highest BCUT2D eigenvalue weighted by Crippen LogP contribution is 2.47. The summed E-state index contributed by atoms with van der Waals surface area (Å²) in [7, 11) is 1.69. The molecule has 1 fully saturated rings. The minimum atomic E-state index is -0.859. The average Bonchev–Trinajstić information content (AvgIpc) is 2.54. The quantitative estimate of drug-likeness (QED) is 0.713. The Morgan fingerprint density at radius 3 is 2.35 bits per heavy atom. The maximum Gasteiger partial charge on any atom is 0.211 e. The number of methoxy groups -OCH3 is 1. The van der Waals surface area contributed by atoms with Crippen LogP contribution in [0.5, 0.6) is 5.75 Å². The van der Waals surface area contributed by atoms with Gasteiger partial charge in [-0.25, -0.2) is 0 Å². The first-order chi connectivity index (χ1) is 10.9. The fourth-order valence-corrected chi connectivity index (χ4v) is 3.54. The van der Waals surface area contributed by atoms with E-state index in [1.807, 2.05) is 18.2 Å². The van der Waals surface area contributed by atoms with Gasteiger partial charge in [0.05, 0.1) is 30.7 Å². The third-order valence-electron chi connectivity index (χ3n) is 4.34. The number of fused-ring (bicyclic) bond motifs is 1. The minimum Gasteiger partial charge on any atom is -0.496 e. The van der Waals surface area contributed by atoms with Crippen LogP contribution in [0.4, 0.5) is 0 Å². The standard InChI is InChI=1S/C19H23BrO3/c1-13(20)19(22-11-18(2,3)12-23-19)17-15-8-6-5-7-14(15)9-10-16(17)21-4/h5-10,13H,11-12H2,1-4H3. The zero-order valence-electron chi connectivity index (χ0n) is 14.1. The van der Waals surface area contributed by atoms with E-state index in [-0.39, 0.29) is 10.2 Å². The first kappa shape index (κ1) is 16.7. The van der Waals surface area contributed by atoms with Gasteiger partial charge in [-0.1, -0.05) is 60.1 Å². The number of hydrogen-bond donors (Lipinski definition) is 0. The van der Waals surface area contributed by atoms with Crippen molar-refractivity contribution < 1.29 is 14.2 Å². The Kier molecular flexibility index (Phi) is 4.43. The van der Waals surface area contributed by atoms with Gasteiger partial charge in [0.1, 0.15) is 5.75 Å². The van der Waals surface area contributed by atoms with Crippen LogP contribution >= 0.6 is 15.9 Å². The summed E-state index contributed by atoms with van der Waals surface area (Å²) in [6, 6.07) is 12.3. The lowest BCUT2D eigenvalue weighted by atomic mass is 9.90. The van der Waals surface area contributed by atoms with Crippen molar-refractivity contribution in [3.05, 3.63) is 42.0 Å². The van der Waals surface area contributed by atoms with E-state index in [0.717, 1.165) is 22.1 Å². The van der Waals surface area contributed by atoms with Crippen LogP contribution in [0.2, 0.25) is 0 Å². The molecule has 4 heteroatoms. The molecular formula is C19H23BrO3. The van der Waals surface area contributed by atoms with Crippen molar-refractivity contribution in [1.29, 1.82) is 0 Å². The van der Waals surface area contributed by atoms with Gasteiger partial charge in [-0.15, -0.1) is 0 Å². The summed E-state index contributed by atoms with van der Waals surface area (Å²) in [6.07, 6.45) is 0. The van der Waals surface area contributed by atoms with Gasteiger partial charge in [-0.05, 0) is 23.8 Å². The number of halogens is 1. The van der Waals surface area contributed by atoms with Crippen molar-refractivity contribution in [2.24, 2.45) is 5.41 Å². The molecule has 1 heterocycles. The van der Waals surface area contributed by atoms with Crippen LogP contribution in [-0.2, 0) is 15.3 Å². The monoisotopic (exact) mass is 378 g/mol. The van der Waals surface area contributed by atoms with E-state index in [2.05, 4.69) is 54.9 Å². The van der Waals surface area contributed by atoms with Crippen LogP contribution in [0.3, 0.4) is 0 Å². The molecule has 124 valence electrons. The molecular weight excluding hydrogens is 356 g/mol. The summed E-state index contributed by atoms with van der Waals surface area (Å²) >= 11 is 3.71. The van der Waals surface area contributed by atoms with Crippen LogP contribution in [0, 0.1) is 5.41 Å². The van der Waals surface area contributed by atoms with Crippen LogP contribution in [0.1, 0.15) is 26.3 Å². The summed E-state index contributed by atoms with van der Waals surface area (Å²) in [5, 5.41) is 2.24. The zero-order chi connectivity index (χ0) is 16.7. The smallest absolute Gasteiger partial charge is 0.211 e. The van der Waals surface area contributed by atoms with Crippen molar-refractivity contribution in [3.8, 4) is 5.75 Å². The second kappa shape index (κ2) is 6.08. The molecule has 1 atom stereocenters. The predicted molar refractivity (Wildman–Crippen MR) is 96.3 cm³/mol. The molecule has 2 aromatic carbocycles. The van der Waals surface area contributed by atoms with E-state index in [0.29, 0.717) is 13.2 Å². The summed E-state index contributed by atoms with van der Waals surface area (Å²) in [6.45, 7) is 7.62. The van der Waals surface area contributed by atoms with Gasteiger partial charge < -0.3 is 14.2 Å². The Bertz CT molecular complexity index is 699. The summed E-state index contributed by atoms with van der Waals surface area (Å²) < 4.78 is 18.3. The van der Waals surface area contributed by atoms with E-state index >= 15 is 0 Å². The Morgan fingerprint density at radius 2 is 1.74 bits per heavy atom. The number of alkyl halides is 1. The molecule has 0 aliphatic carbocycles. The van der Waals surface area contributed by atoms with Gasteiger partial charge in [0.2, 0.25) is 5.79 Å². The molecule has 23 heavy (non-hydrogen) atoms. The van der Waals surface area contributed by atoms with E-state index in [1.54, 1.807) is 7.11 Å². The molecule has 1 aliphatic heterocycles. The lowest BCUT2D eigenvalue weighted by molar-refractivity contribution is -0.304. The third-order valence-corrected chi connectivity index (χ3v) is 4.94. The molecule has 1 aliphatic rings. The Balaban J connectivity index is 2.23. The van der Waals surface area contributed by atoms with Crippen molar-refractivity contribution in [2.45, 2.75) is 31.4 Å². The fraction of sp³-hybridized carbons (Fsp3) is 0.474. The van der Waals surface area contributed by atoms with Crippen LogP contribution in [0.25, 0.3) is 10.8 Å². The Labute approximate surface area is 146 Å². The normalized spacial score (nSPS) is 21.1. The maximum atomic E-state index is 6.33. The SMILES string of the molecule is COc1ccc2ccccc2c1C1(C(C)Br)OCC(C)(C)CO1. The molecule has 3 rings (SSSR count). The minimum absolute atomic E-state index is 0.00318. The largest absolute Gasteiger partial charge is 0.496 e. The lowest BCUT2D eigenvalue weighted by Crippen LogP contribution is -2.50. The van der Waals surface area contributed by atoms with E-state index in [4.69, 9.17) is 14.2 Å². The van der Waals surface area contributed by atoms with Crippen molar-refractivity contribution >= 4 is 26.7 Å². The fourth-order valence-electron chi connectivity index (χ4n) is 3.04. The molecule has 0 radical (unpaired) electrons. The van der Waals surface area contributed by atoms with E-state index in [1.165, 1.54) is 0 Å². The second-order valence-corrected chi connectivity index (χ2v) is 8.26. The summed E-state index contributed by atoms with van der Waals surface area (Å²) in [4.78, 5) is -0.0224. The van der Waals surface area contributed by atoms with E-state index in [9.17, 15) is 0 Å². The van der Waals surface area contributed by atoms with Gasteiger partial charge in [0, 0.05) is 5.41 Å². The first-order valence-electron chi connectivity index (χ1n) is 7.88. The molecule has 0 bridgehead atoms. The van der Waals surface area contributed by atoms with Crippen molar-refractivity contribution in [1.82, 2.24) is 0 Å². The molecule has 0 spiro atoms. The number of hydrogen-bond acceptors (Lipinski definition) is 3. The van der Waals surface area contributed by atoms with Gasteiger partial charge in [-0.3, -0.25) is 0 Å². The molecule has 0 aromatic heterocycles. The second-order valence-electron chi connectivity index (χ2n) is 6.89. The highest BCUT2D eigenvalue weighted by atomic mass is 79.9. The number of ether oxygens (including phenoxy) is 3. The third kappa shape index (κ3) is 2.88. The van der Waals surface area contributed by atoms with E-state index < -0.39 is 5.79 Å². The molecule has 0 N–H and O–H groups in total. The van der Waals surface area contributed by atoms with Crippen molar-refractivity contribution in [3.63, 3.8) is 0 Å². The molecule has 2 aromatic rings. The van der Waals surface area contributed by atoms with Gasteiger partial charge in [0.15, 0.2) is 0 Å². The van der Waals surface area contributed by atoms with Crippen molar-refractivity contribution in [2.75, 3.05) is 20.3 Å². The molecule has 1 saturated heterocycles. The average molecular weight is 379 g/mol. The van der Waals surface area contributed by atoms with Crippen LogP contribution < -0.4 is 4.74 Å². The summed E-state index contributed by atoms with van der Waals surface area (Å²) in [5.74, 6) is -0.0726. The van der Waals surface area contributed by atoms with Crippen LogP contribution in [0.15, 0.2) is 36.4 Å². The van der Waals surface area contributed by atoms with Crippen LogP contribution in [-0.4, -0.2) is 25.2 Å². The first-order valence-corrected chi connectivity index (χ1v) is 8.79. The highest BCUT2D eigenvalue weighted by molar-refractivity contribution is 9.09. The molecule has 0 saturated carbocycles. The zero-order valence-corrected chi connectivity index (χ0v) is 15.6. The lowest BCUT2D eigenvalue weighted by Gasteiger charge is -2.46. The number of rotatable bonds is 3.